The summed E-state index contributed by atoms with van der Waals surface area (Å²) in [5, 5.41) is 12.9. The quantitative estimate of drug-likeness (QED) is 0.618. The molecular weight excluding hydrogens is 414 g/mol. The van der Waals surface area contributed by atoms with Gasteiger partial charge in [0, 0.05) is 19.6 Å². The second kappa shape index (κ2) is 9.86. The molecule has 7 heteroatoms. The van der Waals surface area contributed by atoms with Gasteiger partial charge in [0.25, 0.3) is 0 Å². The molecule has 33 heavy (non-hydrogen) atoms. The van der Waals surface area contributed by atoms with Gasteiger partial charge in [0.05, 0.1) is 24.2 Å². The highest BCUT2D eigenvalue weighted by Crippen LogP contribution is 2.32. The lowest BCUT2D eigenvalue weighted by Crippen LogP contribution is -2.40. The molecule has 0 bridgehead atoms. The third-order valence-electron chi connectivity index (χ3n) is 6.04. The van der Waals surface area contributed by atoms with Crippen LogP contribution in [0.2, 0.25) is 0 Å². The second-order valence-corrected chi connectivity index (χ2v) is 8.90. The lowest BCUT2D eigenvalue weighted by atomic mass is 9.91. The van der Waals surface area contributed by atoms with Crippen molar-refractivity contribution in [1.82, 2.24) is 15.3 Å². The molecule has 170 valence electrons. The number of rotatable bonds is 6. The van der Waals surface area contributed by atoms with Gasteiger partial charge in [-0.2, -0.15) is 5.26 Å². The Hall–Kier alpha value is -3.66. The highest BCUT2D eigenvalue weighted by Gasteiger charge is 2.31. The summed E-state index contributed by atoms with van der Waals surface area (Å²) in [4.78, 5) is 25.0. The summed E-state index contributed by atoms with van der Waals surface area (Å²) in [5.74, 6) is 0.957. The van der Waals surface area contributed by atoms with E-state index in [0.717, 1.165) is 36.3 Å². The number of methoxy groups -OCH3 is 1. The maximum Gasteiger partial charge on any atom is 0.243 e. The third kappa shape index (κ3) is 5.06. The largest absolute Gasteiger partial charge is 0.497 e. The monoisotopic (exact) mass is 443 g/mol. The van der Waals surface area contributed by atoms with Crippen LogP contribution in [0.5, 0.6) is 5.75 Å². The van der Waals surface area contributed by atoms with Crippen LogP contribution in [0.15, 0.2) is 48.5 Å². The van der Waals surface area contributed by atoms with Gasteiger partial charge >= 0.3 is 0 Å². The Bertz CT molecular complexity index is 1160. The number of nitrogens with one attached hydrogen (secondary N) is 1. The van der Waals surface area contributed by atoms with Crippen molar-refractivity contribution in [2.24, 2.45) is 11.8 Å². The number of anilines is 1. The number of ether oxygens (including phenoxy) is 1. The standard InChI is InChI=1S/C26H29N5O2/c1-17-12-18(2)16-31(15-17)25-24(29-22-6-4-5-7-23(22)30-25)21(13-27)26(32)28-14-19-8-10-20(33-3)11-9-19/h4-11,17-18,21H,12,14-16H2,1-3H3,(H,28,32)/t17-,18-,21-/m0/s1. The Kier molecular flexibility index (Phi) is 6.74. The van der Waals surface area contributed by atoms with Crippen LogP contribution in [-0.4, -0.2) is 36.1 Å². The molecule has 2 aromatic carbocycles. The van der Waals surface area contributed by atoms with E-state index >= 15 is 0 Å². The Labute approximate surface area is 194 Å². The summed E-state index contributed by atoms with van der Waals surface area (Å²) in [6.45, 7) is 6.42. The molecule has 1 aliphatic heterocycles. The smallest absolute Gasteiger partial charge is 0.243 e. The fourth-order valence-corrected chi connectivity index (χ4v) is 4.55. The number of para-hydroxylation sites is 2. The molecule has 7 nitrogen and oxygen atoms in total. The molecule has 1 N–H and O–H groups in total. The predicted molar refractivity (Wildman–Crippen MR) is 128 cm³/mol. The first-order valence-corrected chi connectivity index (χ1v) is 11.3. The van der Waals surface area contributed by atoms with Crippen molar-refractivity contribution in [2.45, 2.75) is 32.7 Å². The van der Waals surface area contributed by atoms with E-state index in [9.17, 15) is 10.1 Å². The summed E-state index contributed by atoms with van der Waals surface area (Å²) in [7, 11) is 1.61. The zero-order valence-electron chi connectivity index (χ0n) is 19.3. The number of amides is 1. The van der Waals surface area contributed by atoms with Gasteiger partial charge in [-0.05, 0) is 48.1 Å². The van der Waals surface area contributed by atoms with Gasteiger partial charge in [-0.3, -0.25) is 4.79 Å². The SMILES string of the molecule is COc1ccc(CNC(=O)[C@@H](C#N)c2nc3ccccc3nc2N2C[C@@H](C)C[C@H](C)C2)cc1. The van der Waals surface area contributed by atoms with Crippen molar-refractivity contribution in [1.29, 1.82) is 5.26 Å². The number of carbonyl (C=O) groups excluding carboxylic acids is 1. The highest BCUT2D eigenvalue weighted by molar-refractivity contribution is 5.88. The molecule has 1 fully saturated rings. The minimum atomic E-state index is -1.05. The average molecular weight is 444 g/mol. The number of piperidine rings is 1. The predicted octanol–water partition coefficient (Wildman–Crippen LogP) is 4.04. The van der Waals surface area contributed by atoms with Gasteiger partial charge in [0.1, 0.15) is 11.4 Å². The lowest BCUT2D eigenvalue weighted by molar-refractivity contribution is -0.121. The zero-order chi connectivity index (χ0) is 23.4. The van der Waals surface area contributed by atoms with Gasteiger partial charge in [-0.15, -0.1) is 0 Å². The van der Waals surface area contributed by atoms with Crippen molar-refractivity contribution >= 4 is 22.8 Å². The van der Waals surface area contributed by atoms with Gasteiger partial charge in [0.15, 0.2) is 11.7 Å². The van der Waals surface area contributed by atoms with Crippen molar-refractivity contribution < 1.29 is 9.53 Å². The van der Waals surface area contributed by atoms with E-state index < -0.39 is 5.92 Å². The first kappa shape index (κ1) is 22.5. The van der Waals surface area contributed by atoms with Crippen molar-refractivity contribution in [3.05, 3.63) is 59.8 Å². The van der Waals surface area contributed by atoms with E-state index in [4.69, 9.17) is 14.7 Å². The molecule has 1 amide bonds. The van der Waals surface area contributed by atoms with Crippen molar-refractivity contribution in [3.8, 4) is 11.8 Å². The number of fused-ring (bicyclic) bond motifs is 1. The Morgan fingerprint density at radius 3 is 2.36 bits per heavy atom. The van der Waals surface area contributed by atoms with Crippen molar-refractivity contribution in [2.75, 3.05) is 25.1 Å². The van der Waals surface area contributed by atoms with E-state index in [0.29, 0.717) is 35.4 Å². The van der Waals surface area contributed by atoms with E-state index in [1.165, 1.54) is 0 Å². The Morgan fingerprint density at radius 1 is 1.12 bits per heavy atom. The summed E-state index contributed by atoms with van der Waals surface area (Å²) >= 11 is 0. The number of benzene rings is 2. The molecule has 0 radical (unpaired) electrons. The summed E-state index contributed by atoms with van der Waals surface area (Å²) in [5.41, 5.74) is 2.78. The highest BCUT2D eigenvalue weighted by atomic mass is 16.5. The first-order chi connectivity index (χ1) is 16.0. The van der Waals surface area contributed by atoms with Gasteiger partial charge in [-0.25, -0.2) is 9.97 Å². The van der Waals surface area contributed by atoms with E-state index in [2.05, 4.69) is 30.1 Å². The normalized spacial score (nSPS) is 19.0. The minimum absolute atomic E-state index is 0.315. The maximum absolute atomic E-state index is 13.1. The first-order valence-electron chi connectivity index (χ1n) is 11.3. The van der Waals surface area contributed by atoms with Gasteiger partial charge in [-0.1, -0.05) is 38.1 Å². The molecule has 2 heterocycles. The van der Waals surface area contributed by atoms with Crippen LogP contribution in [0.3, 0.4) is 0 Å². The number of nitriles is 1. The summed E-state index contributed by atoms with van der Waals surface area (Å²) in [6.07, 6.45) is 1.15. The number of hydrogen-bond donors (Lipinski definition) is 1. The van der Waals surface area contributed by atoms with Crippen LogP contribution in [-0.2, 0) is 11.3 Å². The summed E-state index contributed by atoms with van der Waals surface area (Å²) < 4.78 is 5.18. The molecule has 0 saturated carbocycles. The second-order valence-electron chi connectivity index (χ2n) is 8.90. The third-order valence-corrected chi connectivity index (χ3v) is 6.04. The zero-order valence-corrected chi connectivity index (χ0v) is 19.3. The fourth-order valence-electron chi connectivity index (χ4n) is 4.55. The summed E-state index contributed by atoms with van der Waals surface area (Å²) in [6, 6.07) is 17.2. The minimum Gasteiger partial charge on any atom is -0.497 e. The van der Waals surface area contributed by atoms with Crippen molar-refractivity contribution in [3.63, 3.8) is 0 Å². The molecule has 4 rings (SSSR count). The van der Waals surface area contributed by atoms with Crippen LogP contribution in [0.1, 0.15) is 37.4 Å². The molecule has 1 aromatic heterocycles. The molecule has 1 aliphatic rings. The Morgan fingerprint density at radius 2 is 1.76 bits per heavy atom. The molecule has 0 unspecified atom stereocenters. The van der Waals surface area contributed by atoms with Crippen LogP contribution in [0.25, 0.3) is 11.0 Å². The van der Waals surface area contributed by atoms with Crippen LogP contribution in [0.4, 0.5) is 5.82 Å². The van der Waals surface area contributed by atoms with E-state index in [1.807, 2.05) is 48.5 Å². The van der Waals surface area contributed by atoms with Crippen LogP contribution >= 0.6 is 0 Å². The molecule has 3 aromatic rings. The van der Waals surface area contributed by atoms with E-state index in [1.54, 1.807) is 7.11 Å². The number of aromatic nitrogens is 2. The van der Waals surface area contributed by atoms with Crippen LogP contribution < -0.4 is 15.0 Å². The lowest BCUT2D eigenvalue weighted by Gasteiger charge is -2.36. The molecular formula is C26H29N5O2. The fraction of sp³-hybridized carbons (Fsp3) is 0.385. The van der Waals surface area contributed by atoms with Gasteiger partial charge < -0.3 is 15.0 Å². The Balaban J connectivity index is 1.64. The van der Waals surface area contributed by atoms with E-state index in [-0.39, 0.29) is 5.91 Å². The van der Waals surface area contributed by atoms with Gasteiger partial charge in [0.2, 0.25) is 5.91 Å². The molecule has 0 aliphatic carbocycles. The number of nitrogens with zero attached hydrogens (tertiary/aromatic N) is 4. The van der Waals surface area contributed by atoms with Crippen LogP contribution in [0, 0.1) is 23.2 Å². The molecule has 1 saturated heterocycles. The average Bonchev–Trinajstić information content (AvgIpc) is 2.82. The number of hydrogen-bond acceptors (Lipinski definition) is 6. The topological polar surface area (TPSA) is 91.1 Å². The maximum atomic E-state index is 13.1. The molecule has 0 spiro atoms. The number of carbonyl (C=O) groups is 1. The molecule has 3 atom stereocenters.